The van der Waals surface area contributed by atoms with Crippen LogP contribution < -0.4 is 5.32 Å². The van der Waals surface area contributed by atoms with Crippen LogP contribution in [0.25, 0.3) is 0 Å². The van der Waals surface area contributed by atoms with E-state index in [0.717, 1.165) is 0 Å². The third-order valence-electron chi connectivity index (χ3n) is 4.11. The van der Waals surface area contributed by atoms with Gasteiger partial charge in [0.1, 0.15) is 0 Å². The molecule has 2 heteroatoms. The van der Waals surface area contributed by atoms with Crippen LogP contribution in [0.2, 0.25) is 0 Å². The Morgan fingerprint density at radius 1 is 1.33 bits per heavy atom. The lowest BCUT2D eigenvalue weighted by atomic mass is 9.73. The molecule has 1 aromatic rings. The summed E-state index contributed by atoms with van der Waals surface area (Å²) >= 11 is 1.96. The second kappa shape index (κ2) is 3.60. The van der Waals surface area contributed by atoms with Gasteiger partial charge in [0.25, 0.3) is 0 Å². The van der Waals surface area contributed by atoms with E-state index in [0.29, 0.717) is 11.5 Å². The molecule has 2 aliphatic rings. The van der Waals surface area contributed by atoms with Crippen molar-refractivity contribution in [1.82, 2.24) is 5.32 Å². The fraction of sp³-hybridized carbons (Fsp3) is 0.692. The molecule has 1 atom stereocenters. The molecule has 1 spiro atoms. The standard InChI is InChI=1S/C13H19NS/c1-10-9-14-13(6-3-2-4-7-13)11-5-8-15-12(10)11/h5,8,10,14H,2-4,6-7,9H2,1H3. The zero-order chi connectivity index (χ0) is 10.3. The molecule has 2 heterocycles. The predicted octanol–water partition coefficient (Wildman–Crippen LogP) is 3.61. The molecular formula is C13H19NS. The molecule has 0 aromatic carbocycles. The third-order valence-corrected chi connectivity index (χ3v) is 5.26. The summed E-state index contributed by atoms with van der Waals surface area (Å²) in [5, 5.41) is 6.12. The van der Waals surface area contributed by atoms with Gasteiger partial charge in [-0.25, -0.2) is 0 Å². The van der Waals surface area contributed by atoms with Gasteiger partial charge in [-0.1, -0.05) is 26.2 Å². The van der Waals surface area contributed by atoms with Gasteiger partial charge >= 0.3 is 0 Å². The lowest BCUT2D eigenvalue weighted by Crippen LogP contribution is -2.48. The zero-order valence-corrected chi connectivity index (χ0v) is 10.2. The number of fused-ring (bicyclic) bond motifs is 2. The van der Waals surface area contributed by atoms with Gasteiger partial charge in [-0.3, -0.25) is 0 Å². The molecule has 15 heavy (non-hydrogen) atoms. The molecule has 1 aliphatic heterocycles. The molecule has 0 saturated heterocycles. The number of rotatable bonds is 0. The molecule has 1 nitrogen and oxygen atoms in total. The van der Waals surface area contributed by atoms with Crippen LogP contribution in [-0.2, 0) is 5.54 Å². The molecule has 0 bridgehead atoms. The quantitative estimate of drug-likeness (QED) is 0.705. The smallest absolute Gasteiger partial charge is 0.0446 e. The Labute approximate surface area is 95.9 Å². The maximum atomic E-state index is 3.83. The van der Waals surface area contributed by atoms with Crippen molar-refractivity contribution in [3.8, 4) is 0 Å². The van der Waals surface area contributed by atoms with Crippen molar-refractivity contribution < 1.29 is 0 Å². The highest BCUT2D eigenvalue weighted by Crippen LogP contribution is 2.45. The van der Waals surface area contributed by atoms with Crippen LogP contribution in [0.5, 0.6) is 0 Å². The van der Waals surface area contributed by atoms with E-state index in [2.05, 4.69) is 23.7 Å². The summed E-state index contributed by atoms with van der Waals surface area (Å²) < 4.78 is 0. The molecule has 0 radical (unpaired) electrons. The number of thiophene rings is 1. The molecule has 1 aromatic heterocycles. The normalized spacial score (nSPS) is 29.0. The Kier molecular flexibility index (Phi) is 2.37. The minimum atomic E-state index is 0.361. The summed E-state index contributed by atoms with van der Waals surface area (Å²) in [7, 11) is 0. The molecule has 1 saturated carbocycles. The van der Waals surface area contributed by atoms with Crippen LogP contribution in [0.4, 0.5) is 0 Å². The summed E-state index contributed by atoms with van der Waals surface area (Å²) in [4.78, 5) is 1.65. The summed E-state index contributed by atoms with van der Waals surface area (Å²) in [6.07, 6.45) is 6.93. The summed E-state index contributed by atoms with van der Waals surface area (Å²) in [6, 6.07) is 2.37. The number of hydrogen-bond acceptors (Lipinski definition) is 2. The predicted molar refractivity (Wildman–Crippen MR) is 65.5 cm³/mol. The Hall–Kier alpha value is -0.340. The van der Waals surface area contributed by atoms with Crippen molar-refractivity contribution in [3.63, 3.8) is 0 Å². The van der Waals surface area contributed by atoms with Crippen molar-refractivity contribution in [2.24, 2.45) is 0 Å². The highest BCUT2D eigenvalue weighted by Gasteiger charge is 2.39. The monoisotopic (exact) mass is 221 g/mol. The van der Waals surface area contributed by atoms with Crippen LogP contribution in [0.15, 0.2) is 11.4 Å². The van der Waals surface area contributed by atoms with Gasteiger partial charge < -0.3 is 5.32 Å². The van der Waals surface area contributed by atoms with E-state index in [1.807, 2.05) is 11.3 Å². The molecule has 3 rings (SSSR count). The van der Waals surface area contributed by atoms with Gasteiger partial charge in [-0.15, -0.1) is 11.3 Å². The topological polar surface area (TPSA) is 12.0 Å². The van der Waals surface area contributed by atoms with Crippen LogP contribution in [0.3, 0.4) is 0 Å². The zero-order valence-electron chi connectivity index (χ0n) is 9.38. The highest BCUT2D eigenvalue weighted by atomic mass is 32.1. The minimum Gasteiger partial charge on any atom is -0.307 e. The van der Waals surface area contributed by atoms with Crippen molar-refractivity contribution >= 4 is 11.3 Å². The molecule has 1 unspecified atom stereocenters. The van der Waals surface area contributed by atoms with Gasteiger partial charge in [0, 0.05) is 22.9 Å². The molecule has 1 aliphatic carbocycles. The van der Waals surface area contributed by atoms with Crippen molar-refractivity contribution in [3.05, 3.63) is 21.9 Å². The molecule has 0 amide bonds. The highest BCUT2D eigenvalue weighted by molar-refractivity contribution is 7.10. The SMILES string of the molecule is CC1CNC2(CCCCC2)c2ccsc21. The maximum Gasteiger partial charge on any atom is 0.0446 e. The van der Waals surface area contributed by atoms with E-state index in [-0.39, 0.29) is 0 Å². The van der Waals surface area contributed by atoms with Gasteiger partial charge in [-0.2, -0.15) is 0 Å². The van der Waals surface area contributed by atoms with E-state index in [9.17, 15) is 0 Å². The Bertz CT molecular complexity index is 349. The maximum absolute atomic E-state index is 3.83. The Morgan fingerprint density at radius 3 is 2.93 bits per heavy atom. The largest absolute Gasteiger partial charge is 0.307 e. The number of hydrogen-bond donors (Lipinski definition) is 1. The summed E-state index contributed by atoms with van der Waals surface area (Å²) in [5.41, 5.74) is 1.99. The fourth-order valence-electron chi connectivity index (χ4n) is 3.24. The van der Waals surface area contributed by atoms with E-state index >= 15 is 0 Å². The summed E-state index contributed by atoms with van der Waals surface area (Å²) in [6.45, 7) is 3.52. The van der Waals surface area contributed by atoms with Crippen LogP contribution >= 0.6 is 11.3 Å². The average Bonchev–Trinajstić information content (AvgIpc) is 2.76. The lowest BCUT2D eigenvalue weighted by molar-refractivity contribution is 0.217. The van der Waals surface area contributed by atoms with Crippen LogP contribution in [0, 0.1) is 0 Å². The molecular weight excluding hydrogens is 202 g/mol. The van der Waals surface area contributed by atoms with Crippen molar-refractivity contribution in [1.29, 1.82) is 0 Å². The second-order valence-corrected chi connectivity index (χ2v) is 6.07. The Morgan fingerprint density at radius 2 is 2.13 bits per heavy atom. The van der Waals surface area contributed by atoms with E-state index in [1.54, 1.807) is 10.4 Å². The van der Waals surface area contributed by atoms with Gasteiger partial charge in [0.15, 0.2) is 0 Å². The molecule has 82 valence electrons. The lowest BCUT2D eigenvalue weighted by Gasteiger charge is -2.43. The van der Waals surface area contributed by atoms with Gasteiger partial charge in [0.2, 0.25) is 0 Å². The third kappa shape index (κ3) is 1.46. The van der Waals surface area contributed by atoms with E-state index in [4.69, 9.17) is 0 Å². The van der Waals surface area contributed by atoms with E-state index < -0.39 is 0 Å². The first-order valence-corrected chi connectivity index (χ1v) is 7.03. The summed E-state index contributed by atoms with van der Waals surface area (Å²) in [5.74, 6) is 0.715. The van der Waals surface area contributed by atoms with Gasteiger partial charge in [0.05, 0.1) is 0 Å². The first kappa shape index (κ1) is 9.86. The van der Waals surface area contributed by atoms with Gasteiger partial charge in [-0.05, 0) is 29.9 Å². The number of nitrogens with one attached hydrogen (secondary N) is 1. The Balaban J connectivity index is 2.02. The first-order chi connectivity index (χ1) is 7.32. The first-order valence-electron chi connectivity index (χ1n) is 6.15. The van der Waals surface area contributed by atoms with Crippen molar-refractivity contribution in [2.45, 2.75) is 50.5 Å². The average molecular weight is 221 g/mol. The fourth-order valence-corrected chi connectivity index (χ4v) is 4.29. The molecule has 1 fully saturated rings. The second-order valence-electron chi connectivity index (χ2n) is 5.12. The van der Waals surface area contributed by atoms with Crippen LogP contribution in [0.1, 0.15) is 55.4 Å². The minimum absolute atomic E-state index is 0.361. The van der Waals surface area contributed by atoms with Crippen molar-refractivity contribution in [2.75, 3.05) is 6.54 Å². The van der Waals surface area contributed by atoms with E-state index in [1.165, 1.54) is 38.6 Å². The molecule has 1 N–H and O–H groups in total. The van der Waals surface area contributed by atoms with Crippen LogP contribution in [-0.4, -0.2) is 6.54 Å².